The van der Waals surface area contributed by atoms with Gasteiger partial charge in [0.05, 0.1) is 35.0 Å². The highest BCUT2D eigenvalue weighted by molar-refractivity contribution is 7.20. The van der Waals surface area contributed by atoms with Crippen LogP contribution in [0.15, 0.2) is 34.1 Å². The molecule has 0 spiro atoms. The third-order valence-corrected chi connectivity index (χ3v) is 4.94. The minimum atomic E-state index is -0.424. The maximum atomic E-state index is 13.0. The minimum absolute atomic E-state index is 0.0298. The topological polar surface area (TPSA) is 89.3 Å². The summed E-state index contributed by atoms with van der Waals surface area (Å²) in [4.78, 5) is 33.7. The lowest BCUT2D eigenvalue weighted by atomic mass is 10.1. The van der Waals surface area contributed by atoms with Crippen LogP contribution < -0.4 is 5.56 Å². The Bertz CT molecular complexity index is 996. The van der Waals surface area contributed by atoms with E-state index in [1.54, 1.807) is 6.92 Å². The lowest BCUT2D eigenvalue weighted by Gasteiger charge is -2.01. The molecule has 0 bridgehead atoms. The lowest BCUT2D eigenvalue weighted by Crippen LogP contribution is -2.20. The van der Waals surface area contributed by atoms with E-state index >= 15 is 0 Å². The maximum absolute atomic E-state index is 13.0. The Balaban J connectivity index is 2.14. The first-order valence-corrected chi connectivity index (χ1v) is 9.14. The van der Waals surface area contributed by atoms with E-state index in [9.17, 15) is 9.59 Å². The van der Waals surface area contributed by atoms with E-state index in [1.807, 2.05) is 31.2 Å². The van der Waals surface area contributed by atoms with Gasteiger partial charge in [0, 0.05) is 12.3 Å². The van der Waals surface area contributed by atoms with Gasteiger partial charge in [-0.3, -0.25) is 19.7 Å². The van der Waals surface area contributed by atoms with Crippen LogP contribution in [0.3, 0.4) is 0 Å². The number of aromatic amines is 1. The molecule has 1 N–H and O–H groups in total. The van der Waals surface area contributed by atoms with Crippen LogP contribution in [0.1, 0.15) is 31.5 Å². The number of hydrogen-bond acceptors (Lipinski definition) is 6. The number of aliphatic imine (C=N–C) groups is 1. The summed E-state index contributed by atoms with van der Waals surface area (Å²) in [5.41, 5.74) is 2.05. The number of carbonyl (C=O) groups excluding carboxylic acids is 1. The molecule has 0 amide bonds. The second-order valence-corrected chi connectivity index (χ2v) is 6.80. The molecule has 7 nitrogen and oxygen atoms in total. The highest BCUT2D eigenvalue weighted by Crippen LogP contribution is 2.23. The summed E-state index contributed by atoms with van der Waals surface area (Å²) in [6.07, 6.45) is 0.845. The Hall–Kier alpha value is -2.74. The van der Waals surface area contributed by atoms with E-state index in [2.05, 4.69) is 15.1 Å². The fraction of sp³-hybridized carbons (Fsp3) is 0.333. The Morgan fingerprint density at radius 2 is 2.15 bits per heavy atom. The zero-order chi connectivity index (χ0) is 18.7. The van der Waals surface area contributed by atoms with Crippen LogP contribution in [0.5, 0.6) is 0 Å². The number of hydrogen-bond donors (Lipinski definition) is 1. The number of nitrogens with zero attached hydrogens (tertiary/aromatic N) is 3. The maximum Gasteiger partial charge on any atom is 0.311 e. The molecule has 136 valence electrons. The number of methoxy groups -OCH3 is 1. The quantitative estimate of drug-likeness (QED) is 0.532. The number of benzene rings is 1. The van der Waals surface area contributed by atoms with E-state index in [1.165, 1.54) is 23.1 Å². The number of aromatic nitrogens is 3. The average Bonchev–Trinajstić information content (AvgIpc) is 3.20. The predicted molar refractivity (Wildman–Crippen MR) is 103 cm³/mol. The van der Waals surface area contributed by atoms with Crippen molar-refractivity contribution in [2.24, 2.45) is 4.99 Å². The first kappa shape index (κ1) is 18.1. The zero-order valence-corrected chi connectivity index (χ0v) is 15.7. The SMILES string of the molecule is CCCN=C(C)c1c(CC(=O)OC)[nH]n(-c2nc3ccccc3s2)c1=O. The summed E-state index contributed by atoms with van der Waals surface area (Å²) < 4.78 is 7.11. The van der Waals surface area contributed by atoms with Gasteiger partial charge in [-0.2, -0.15) is 4.68 Å². The van der Waals surface area contributed by atoms with Gasteiger partial charge >= 0.3 is 5.97 Å². The molecule has 0 aliphatic rings. The highest BCUT2D eigenvalue weighted by atomic mass is 32.1. The van der Waals surface area contributed by atoms with Crippen molar-refractivity contribution < 1.29 is 9.53 Å². The smallest absolute Gasteiger partial charge is 0.311 e. The third-order valence-electron chi connectivity index (χ3n) is 3.92. The molecule has 3 aromatic rings. The first-order valence-electron chi connectivity index (χ1n) is 8.33. The van der Waals surface area contributed by atoms with Crippen molar-refractivity contribution in [3.63, 3.8) is 0 Å². The number of ether oxygens (including phenoxy) is 1. The highest BCUT2D eigenvalue weighted by Gasteiger charge is 2.21. The van der Waals surface area contributed by atoms with E-state index in [0.717, 1.165) is 16.6 Å². The molecule has 0 saturated carbocycles. The van der Waals surface area contributed by atoms with Crippen molar-refractivity contribution in [3.8, 4) is 5.13 Å². The van der Waals surface area contributed by atoms with Gasteiger partial charge in [0.15, 0.2) is 0 Å². The molecule has 0 fully saturated rings. The molecule has 1 aromatic carbocycles. The lowest BCUT2D eigenvalue weighted by molar-refractivity contribution is -0.139. The predicted octanol–water partition coefficient (Wildman–Crippen LogP) is 2.71. The van der Waals surface area contributed by atoms with E-state index < -0.39 is 5.97 Å². The Morgan fingerprint density at radius 3 is 2.85 bits per heavy atom. The molecule has 0 radical (unpaired) electrons. The molecule has 0 saturated heterocycles. The third kappa shape index (κ3) is 3.45. The number of rotatable bonds is 6. The fourth-order valence-electron chi connectivity index (χ4n) is 2.65. The number of thiazole rings is 1. The molecule has 0 aliphatic carbocycles. The van der Waals surface area contributed by atoms with E-state index in [-0.39, 0.29) is 12.0 Å². The van der Waals surface area contributed by atoms with Crippen LogP contribution in [-0.2, 0) is 16.0 Å². The van der Waals surface area contributed by atoms with Gasteiger partial charge < -0.3 is 4.74 Å². The second-order valence-electron chi connectivity index (χ2n) is 5.79. The standard InChI is InChI=1S/C18H20N4O3S/c1-4-9-19-11(2)16-13(10-15(23)25-3)21-22(17(16)24)18-20-12-7-5-6-8-14(12)26-18/h5-8,21H,4,9-10H2,1-3H3. The molecule has 8 heteroatoms. The fourth-order valence-corrected chi connectivity index (χ4v) is 3.57. The molecular weight excluding hydrogens is 352 g/mol. The molecule has 2 aromatic heterocycles. The van der Waals surface area contributed by atoms with Crippen molar-refractivity contribution in [3.05, 3.63) is 45.9 Å². The summed E-state index contributed by atoms with van der Waals surface area (Å²) in [5, 5.41) is 3.55. The number of esters is 1. The number of carbonyl (C=O) groups is 1. The van der Waals surface area contributed by atoms with Gasteiger partial charge in [-0.15, -0.1) is 0 Å². The Morgan fingerprint density at radius 1 is 1.38 bits per heavy atom. The monoisotopic (exact) mass is 372 g/mol. The number of H-pyrrole nitrogens is 1. The van der Waals surface area contributed by atoms with Crippen LogP contribution in [-0.4, -0.2) is 40.1 Å². The van der Waals surface area contributed by atoms with Crippen molar-refractivity contribution in [2.45, 2.75) is 26.7 Å². The molecular formula is C18H20N4O3S. The van der Waals surface area contributed by atoms with Crippen LogP contribution >= 0.6 is 11.3 Å². The summed E-state index contributed by atoms with van der Waals surface area (Å²) >= 11 is 1.41. The molecule has 3 rings (SSSR count). The molecule has 0 aliphatic heterocycles. The van der Waals surface area contributed by atoms with Crippen molar-refractivity contribution in [2.75, 3.05) is 13.7 Å². The summed E-state index contributed by atoms with van der Waals surface area (Å²) in [5.74, 6) is -0.424. The first-order chi connectivity index (χ1) is 12.5. The molecule has 2 heterocycles. The summed E-state index contributed by atoms with van der Waals surface area (Å²) in [6.45, 7) is 4.42. The number of fused-ring (bicyclic) bond motifs is 1. The van der Waals surface area contributed by atoms with Gasteiger partial charge in [0.25, 0.3) is 5.56 Å². The van der Waals surface area contributed by atoms with Crippen LogP contribution in [0.25, 0.3) is 15.3 Å². The van der Waals surface area contributed by atoms with E-state index in [4.69, 9.17) is 4.74 Å². The van der Waals surface area contributed by atoms with Gasteiger partial charge in [-0.1, -0.05) is 30.4 Å². The largest absolute Gasteiger partial charge is 0.469 e. The number of nitrogens with one attached hydrogen (secondary N) is 1. The van der Waals surface area contributed by atoms with Crippen LogP contribution in [0, 0.1) is 0 Å². The van der Waals surface area contributed by atoms with Gasteiger partial charge in [0.2, 0.25) is 5.13 Å². The summed E-state index contributed by atoms with van der Waals surface area (Å²) in [7, 11) is 1.32. The van der Waals surface area contributed by atoms with Gasteiger partial charge in [-0.25, -0.2) is 4.98 Å². The van der Waals surface area contributed by atoms with Crippen molar-refractivity contribution in [1.29, 1.82) is 0 Å². The second kappa shape index (κ2) is 7.65. The van der Waals surface area contributed by atoms with Gasteiger partial charge in [-0.05, 0) is 25.5 Å². The molecule has 26 heavy (non-hydrogen) atoms. The molecule has 0 unspecified atom stereocenters. The van der Waals surface area contributed by atoms with Crippen molar-refractivity contribution >= 4 is 33.2 Å². The Labute approximate surface area is 154 Å². The number of para-hydroxylation sites is 1. The zero-order valence-electron chi connectivity index (χ0n) is 14.9. The molecule has 0 atom stereocenters. The minimum Gasteiger partial charge on any atom is -0.469 e. The normalized spacial score (nSPS) is 11.9. The van der Waals surface area contributed by atoms with E-state index in [0.29, 0.717) is 28.6 Å². The average molecular weight is 372 g/mol. The summed E-state index contributed by atoms with van der Waals surface area (Å²) in [6, 6.07) is 7.68. The van der Waals surface area contributed by atoms with Gasteiger partial charge in [0.1, 0.15) is 0 Å². The van der Waals surface area contributed by atoms with Crippen LogP contribution in [0.4, 0.5) is 0 Å². The Kier molecular flexibility index (Phi) is 5.32. The van der Waals surface area contributed by atoms with Crippen molar-refractivity contribution in [1.82, 2.24) is 14.8 Å². The van der Waals surface area contributed by atoms with Crippen LogP contribution in [0.2, 0.25) is 0 Å².